The molecule has 0 aliphatic rings. The van der Waals surface area contributed by atoms with Gasteiger partial charge in [-0.1, -0.05) is 13.8 Å². The Morgan fingerprint density at radius 3 is 2.73 bits per heavy atom. The van der Waals surface area contributed by atoms with Gasteiger partial charge in [-0.15, -0.1) is 0 Å². The first-order valence-electron chi connectivity index (χ1n) is 5.18. The first-order chi connectivity index (χ1) is 7.11. The Morgan fingerprint density at radius 1 is 1.53 bits per heavy atom. The monoisotopic (exact) mass is 210 g/mol. The van der Waals surface area contributed by atoms with E-state index in [2.05, 4.69) is 15.3 Å². The van der Waals surface area contributed by atoms with E-state index in [1.165, 1.54) is 6.20 Å². The number of nitrogens with zero attached hydrogens (tertiary/aromatic N) is 1. The number of hydrogen-bond donors (Lipinski definition) is 3. The standard InChI is InChI=1S/C10H18N4O/c1-3-10(11,4-2)7-14-8-9(15)13-6-5-12-8/h5-6H,3-4,7,11H2,1-2H3,(H,12,14)(H,13,15). The molecule has 0 aliphatic carbocycles. The average molecular weight is 210 g/mol. The number of hydrogen-bond acceptors (Lipinski definition) is 4. The lowest BCUT2D eigenvalue weighted by atomic mass is 9.94. The van der Waals surface area contributed by atoms with Gasteiger partial charge in [0.15, 0.2) is 5.82 Å². The summed E-state index contributed by atoms with van der Waals surface area (Å²) in [6.45, 7) is 4.63. The lowest BCUT2D eigenvalue weighted by Gasteiger charge is -2.26. The summed E-state index contributed by atoms with van der Waals surface area (Å²) in [7, 11) is 0. The summed E-state index contributed by atoms with van der Waals surface area (Å²) in [6, 6.07) is 0. The molecule has 0 fully saturated rings. The summed E-state index contributed by atoms with van der Waals surface area (Å²) in [6.07, 6.45) is 4.77. The van der Waals surface area contributed by atoms with Crippen LogP contribution in [0.25, 0.3) is 0 Å². The molecule has 1 aromatic rings. The SMILES string of the molecule is CCC(N)(CC)CNc1ncc[nH]c1=O. The van der Waals surface area contributed by atoms with Crippen molar-refractivity contribution in [3.05, 3.63) is 22.7 Å². The summed E-state index contributed by atoms with van der Waals surface area (Å²) >= 11 is 0. The number of nitrogens with two attached hydrogens (primary N) is 1. The highest BCUT2D eigenvalue weighted by molar-refractivity contribution is 5.30. The van der Waals surface area contributed by atoms with Crippen LogP contribution in [0.4, 0.5) is 5.82 Å². The predicted molar refractivity (Wildman–Crippen MR) is 60.8 cm³/mol. The third-order valence-corrected chi connectivity index (χ3v) is 2.72. The van der Waals surface area contributed by atoms with Crippen LogP contribution in [0.1, 0.15) is 26.7 Å². The third kappa shape index (κ3) is 3.06. The molecule has 1 aromatic heterocycles. The largest absolute Gasteiger partial charge is 0.364 e. The highest BCUT2D eigenvalue weighted by Gasteiger charge is 2.20. The summed E-state index contributed by atoms with van der Waals surface area (Å²) < 4.78 is 0. The van der Waals surface area contributed by atoms with Gasteiger partial charge < -0.3 is 16.0 Å². The van der Waals surface area contributed by atoms with E-state index < -0.39 is 0 Å². The molecular weight excluding hydrogens is 192 g/mol. The molecule has 15 heavy (non-hydrogen) atoms. The maximum atomic E-state index is 11.3. The van der Waals surface area contributed by atoms with Gasteiger partial charge in [-0.3, -0.25) is 4.79 Å². The molecule has 0 bridgehead atoms. The Morgan fingerprint density at radius 2 is 2.20 bits per heavy atom. The smallest absolute Gasteiger partial charge is 0.290 e. The second-order valence-electron chi connectivity index (χ2n) is 3.69. The Balaban J connectivity index is 2.65. The van der Waals surface area contributed by atoms with Crippen molar-refractivity contribution in [3.63, 3.8) is 0 Å². The minimum atomic E-state index is -0.274. The van der Waals surface area contributed by atoms with Crippen molar-refractivity contribution in [2.75, 3.05) is 11.9 Å². The fraction of sp³-hybridized carbons (Fsp3) is 0.600. The van der Waals surface area contributed by atoms with Gasteiger partial charge in [0, 0.05) is 24.5 Å². The van der Waals surface area contributed by atoms with Crippen LogP contribution in [0.15, 0.2) is 17.2 Å². The van der Waals surface area contributed by atoms with Gasteiger partial charge in [0.2, 0.25) is 0 Å². The molecule has 0 atom stereocenters. The molecule has 1 heterocycles. The lowest BCUT2D eigenvalue weighted by Crippen LogP contribution is -2.45. The van der Waals surface area contributed by atoms with Crippen LogP contribution in [-0.2, 0) is 0 Å². The molecule has 0 saturated heterocycles. The van der Waals surface area contributed by atoms with Crippen molar-refractivity contribution in [3.8, 4) is 0 Å². The van der Waals surface area contributed by atoms with Gasteiger partial charge in [0.05, 0.1) is 0 Å². The molecule has 0 aliphatic heterocycles. The third-order valence-electron chi connectivity index (χ3n) is 2.72. The van der Waals surface area contributed by atoms with E-state index in [9.17, 15) is 4.79 Å². The normalized spacial score (nSPS) is 11.4. The summed E-state index contributed by atoms with van der Waals surface area (Å²) in [5, 5.41) is 2.98. The van der Waals surface area contributed by atoms with Crippen molar-refractivity contribution in [2.24, 2.45) is 5.73 Å². The quantitative estimate of drug-likeness (QED) is 0.668. The van der Waals surface area contributed by atoms with E-state index in [0.29, 0.717) is 12.4 Å². The molecule has 0 aromatic carbocycles. The van der Waals surface area contributed by atoms with E-state index >= 15 is 0 Å². The van der Waals surface area contributed by atoms with Crippen molar-refractivity contribution >= 4 is 5.82 Å². The second kappa shape index (κ2) is 4.93. The van der Waals surface area contributed by atoms with Gasteiger partial charge in [0.25, 0.3) is 5.56 Å². The van der Waals surface area contributed by atoms with Crippen LogP contribution in [0.3, 0.4) is 0 Å². The predicted octanol–water partition coefficient (Wildman–Crippen LogP) is 0.699. The van der Waals surface area contributed by atoms with Crippen LogP contribution in [-0.4, -0.2) is 22.1 Å². The van der Waals surface area contributed by atoms with Crippen molar-refractivity contribution < 1.29 is 0 Å². The van der Waals surface area contributed by atoms with Crippen molar-refractivity contribution in [1.29, 1.82) is 0 Å². The molecule has 0 radical (unpaired) electrons. The molecule has 5 nitrogen and oxygen atoms in total. The minimum absolute atomic E-state index is 0.216. The molecule has 4 N–H and O–H groups in total. The minimum Gasteiger partial charge on any atom is -0.364 e. The number of aromatic nitrogens is 2. The Bertz CT molecular complexity index is 356. The van der Waals surface area contributed by atoms with Crippen LogP contribution in [0.5, 0.6) is 0 Å². The molecule has 1 rings (SSSR count). The summed E-state index contributed by atoms with van der Waals surface area (Å²) in [5.74, 6) is 0.328. The van der Waals surface area contributed by atoms with E-state index in [0.717, 1.165) is 12.8 Å². The lowest BCUT2D eigenvalue weighted by molar-refractivity contribution is 0.417. The number of anilines is 1. The molecule has 0 amide bonds. The number of nitrogens with one attached hydrogen (secondary N) is 2. The maximum Gasteiger partial charge on any atom is 0.290 e. The molecule has 0 saturated carbocycles. The van der Waals surface area contributed by atoms with Gasteiger partial charge in [-0.2, -0.15) is 0 Å². The fourth-order valence-corrected chi connectivity index (χ4v) is 1.24. The highest BCUT2D eigenvalue weighted by Crippen LogP contribution is 2.10. The molecule has 84 valence electrons. The highest BCUT2D eigenvalue weighted by atomic mass is 16.1. The van der Waals surface area contributed by atoms with Gasteiger partial charge in [0.1, 0.15) is 0 Å². The molecule has 0 spiro atoms. The Kier molecular flexibility index (Phi) is 3.85. The van der Waals surface area contributed by atoms with E-state index in [1.807, 2.05) is 13.8 Å². The van der Waals surface area contributed by atoms with E-state index in [-0.39, 0.29) is 11.1 Å². The zero-order valence-corrected chi connectivity index (χ0v) is 9.21. The van der Waals surface area contributed by atoms with Crippen LogP contribution >= 0.6 is 0 Å². The first-order valence-corrected chi connectivity index (χ1v) is 5.18. The fourth-order valence-electron chi connectivity index (χ4n) is 1.24. The average Bonchev–Trinajstić information content (AvgIpc) is 2.28. The van der Waals surface area contributed by atoms with Gasteiger partial charge in [-0.05, 0) is 12.8 Å². The Labute approximate surface area is 89.1 Å². The van der Waals surface area contributed by atoms with E-state index in [4.69, 9.17) is 5.73 Å². The Hall–Kier alpha value is -1.36. The van der Waals surface area contributed by atoms with Gasteiger partial charge >= 0.3 is 0 Å². The van der Waals surface area contributed by atoms with Gasteiger partial charge in [-0.25, -0.2) is 4.98 Å². The first kappa shape index (κ1) is 11.7. The van der Waals surface area contributed by atoms with Crippen LogP contribution in [0.2, 0.25) is 0 Å². The van der Waals surface area contributed by atoms with Crippen LogP contribution in [0, 0.1) is 0 Å². The number of aromatic amines is 1. The number of H-pyrrole nitrogens is 1. The molecular formula is C10H18N4O. The topological polar surface area (TPSA) is 83.8 Å². The molecule has 5 heteroatoms. The maximum absolute atomic E-state index is 11.3. The second-order valence-corrected chi connectivity index (χ2v) is 3.69. The van der Waals surface area contributed by atoms with Crippen LogP contribution < -0.4 is 16.6 Å². The number of rotatable bonds is 5. The summed E-state index contributed by atoms with van der Waals surface area (Å²) in [5.41, 5.74) is 5.60. The zero-order valence-electron chi connectivity index (χ0n) is 9.21. The zero-order chi connectivity index (χ0) is 11.3. The van der Waals surface area contributed by atoms with E-state index in [1.54, 1.807) is 6.20 Å². The van der Waals surface area contributed by atoms with Crippen molar-refractivity contribution in [2.45, 2.75) is 32.2 Å². The van der Waals surface area contributed by atoms with Crippen molar-refractivity contribution in [1.82, 2.24) is 9.97 Å². The summed E-state index contributed by atoms with van der Waals surface area (Å²) in [4.78, 5) is 17.8. The molecule has 0 unspecified atom stereocenters.